The van der Waals surface area contributed by atoms with E-state index in [1.165, 1.54) is 28.9 Å². The van der Waals surface area contributed by atoms with Crippen LogP contribution in [0, 0.1) is 17.7 Å². The lowest BCUT2D eigenvalue weighted by Gasteiger charge is -2.34. The van der Waals surface area contributed by atoms with Crippen molar-refractivity contribution in [3.05, 3.63) is 30.1 Å². The fraction of sp³-hybridized carbons (Fsp3) is 0.500. The minimum Gasteiger partial charge on any atom is -0.352 e. The Hall–Kier alpha value is -2.09. The molecule has 1 saturated carbocycles. The van der Waals surface area contributed by atoms with Crippen molar-refractivity contribution in [3.8, 4) is 11.4 Å². The van der Waals surface area contributed by atoms with Gasteiger partial charge >= 0.3 is 0 Å². The topological polar surface area (TPSA) is 85.8 Å². The maximum atomic E-state index is 13.9. The standard InChI is InChI=1S/C18H24FN5OS/c1-11-6-5-9-15(12(11)2)21-16(25)10-26-18-23-22-17(24(18)20)13-7-3-4-8-14(13)19/h3-4,7-8,11-12,15H,5-6,9-10,20H2,1-2H3,(H,21,25)/t11-,12+,15+/m0/s1. The van der Waals surface area contributed by atoms with Gasteiger partial charge in [-0.05, 0) is 30.4 Å². The van der Waals surface area contributed by atoms with E-state index < -0.39 is 5.82 Å². The van der Waals surface area contributed by atoms with Crippen molar-refractivity contribution in [3.63, 3.8) is 0 Å². The number of hydrogen-bond acceptors (Lipinski definition) is 5. The SMILES string of the molecule is C[C@@H]1[C@@H](C)CCC[C@H]1NC(=O)CSc1nnc(-c2ccccc2F)n1N. The van der Waals surface area contributed by atoms with Crippen LogP contribution in [0.15, 0.2) is 29.4 Å². The zero-order valence-electron chi connectivity index (χ0n) is 15.0. The van der Waals surface area contributed by atoms with Gasteiger partial charge in [0.05, 0.1) is 11.3 Å². The van der Waals surface area contributed by atoms with E-state index in [-0.39, 0.29) is 29.1 Å². The Balaban J connectivity index is 1.60. The number of carbonyl (C=O) groups is 1. The highest BCUT2D eigenvalue weighted by molar-refractivity contribution is 7.99. The van der Waals surface area contributed by atoms with Crippen LogP contribution < -0.4 is 11.2 Å². The summed E-state index contributed by atoms with van der Waals surface area (Å²) in [7, 11) is 0. The first-order valence-corrected chi connectivity index (χ1v) is 9.83. The summed E-state index contributed by atoms with van der Waals surface area (Å²) >= 11 is 1.20. The molecule has 2 aromatic rings. The Morgan fingerprint density at radius 2 is 2.12 bits per heavy atom. The summed E-state index contributed by atoms with van der Waals surface area (Å²) in [5.41, 5.74) is 0.281. The van der Waals surface area contributed by atoms with Gasteiger partial charge in [0.15, 0.2) is 5.82 Å². The van der Waals surface area contributed by atoms with Crippen molar-refractivity contribution in [2.45, 2.75) is 44.3 Å². The maximum Gasteiger partial charge on any atom is 0.230 e. The van der Waals surface area contributed by atoms with Gasteiger partial charge in [-0.1, -0.05) is 50.6 Å². The average Bonchev–Trinajstić information content (AvgIpc) is 2.98. The highest BCUT2D eigenvalue weighted by Gasteiger charge is 2.28. The largest absolute Gasteiger partial charge is 0.352 e. The van der Waals surface area contributed by atoms with Gasteiger partial charge in [-0.25, -0.2) is 9.07 Å². The summed E-state index contributed by atoms with van der Waals surface area (Å²) in [6.45, 7) is 4.43. The Bertz CT molecular complexity index is 781. The van der Waals surface area contributed by atoms with Gasteiger partial charge in [0, 0.05) is 6.04 Å². The van der Waals surface area contributed by atoms with Crippen molar-refractivity contribution in [1.82, 2.24) is 20.2 Å². The molecule has 8 heteroatoms. The normalized spacial score (nSPS) is 23.0. The number of benzene rings is 1. The van der Waals surface area contributed by atoms with Crippen LogP contribution in [0.1, 0.15) is 33.1 Å². The third-order valence-electron chi connectivity index (χ3n) is 5.16. The molecule has 1 aliphatic carbocycles. The number of nitrogens with one attached hydrogen (secondary N) is 1. The van der Waals surface area contributed by atoms with E-state index in [1.54, 1.807) is 18.2 Å². The minimum absolute atomic E-state index is 0.0450. The second-order valence-electron chi connectivity index (χ2n) is 6.89. The maximum absolute atomic E-state index is 13.9. The van der Waals surface area contributed by atoms with Crippen molar-refractivity contribution < 1.29 is 9.18 Å². The van der Waals surface area contributed by atoms with Crippen LogP contribution in [0.5, 0.6) is 0 Å². The van der Waals surface area contributed by atoms with E-state index in [2.05, 4.69) is 29.4 Å². The average molecular weight is 377 g/mol. The van der Waals surface area contributed by atoms with Gasteiger partial charge in [0.2, 0.25) is 11.1 Å². The van der Waals surface area contributed by atoms with E-state index in [1.807, 2.05) is 0 Å². The van der Waals surface area contributed by atoms with Gasteiger partial charge in [-0.15, -0.1) is 10.2 Å². The molecule has 26 heavy (non-hydrogen) atoms. The number of hydrogen-bond donors (Lipinski definition) is 2. The van der Waals surface area contributed by atoms with E-state index >= 15 is 0 Å². The van der Waals surface area contributed by atoms with Crippen LogP contribution in [0.4, 0.5) is 4.39 Å². The number of nitrogen functional groups attached to an aromatic ring is 1. The molecule has 1 fully saturated rings. The smallest absolute Gasteiger partial charge is 0.230 e. The summed E-state index contributed by atoms with van der Waals surface area (Å²) in [6.07, 6.45) is 3.39. The van der Waals surface area contributed by atoms with E-state index in [4.69, 9.17) is 5.84 Å². The molecule has 0 spiro atoms. The molecule has 140 valence electrons. The molecular weight excluding hydrogens is 353 g/mol. The summed E-state index contributed by atoms with van der Waals surface area (Å²) in [5, 5.41) is 11.4. The first-order valence-electron chi connectivity index (χ1n) is 8.85. The van der Waals surface area contributed by atoms with Crippen LogP contribution in [-0.4, -0.2) is 32.6 Å². The summed E-state index contributed by atoms with van der Waals surface area (Å²) in [6, 6.07) is 6.46. The van der Waals surface area contributed by atoms with Crippen molar-refractivity contribution in [2.24, 2.45) is 11.8 Å². The summed E-state index contributed by atoms with van der Waals surface area (Å²) in [4.78, 5) is 12.3. The Morgan fingerprint density at radius 3 is 2.88 bits per heavy atom. The van der Waals surface area contributed by atoms with Crippen molar-refractivity contribution in [1.29, 1.82) is 0 Å². The second-order valence-corrected chi connectivity index (χ2v) is 7.83. The van der Waals surface area contributed by atoms with Gasteiger partial charge < -0.3 is 11.2 Å². The summed E-state index contributed by atoms with van der Waals surface area (Å²) in [5.74, 6) is 7.06. The van der Waals surface area contributed by atoms with Crippen LogP contribution in [0.2, 0.25) is 0 Å². The minimum atomic E-state index is -0.415. The number of amides is 1. The number of carbonyl (C=O) groups excluding carboxylic acids is 1. The molecular formula is C18H24FN5OS. The molecule has 3 atom stereocenters. The number of halogens is 1. The lowest BCUT2D eigenvalue weighted by Crippen LogP contribution is -2.44. The highest BCUT2D eigenvalue weighted by atomic mass is 32.2. The van der Waals surface area contributed by atoms with Gasteiger partial charge in [0.25, 0.3) is 0 Å². The molecule has 1 amide bonds. The van der Waals surface area contributed by atoms with Gasteiger partial charge in [-0.3, -0.25) is 4.79 Å². The van der Waals surface area contributed by atoms with Crippen LogP contribution in [0.3, 0.4) is 0 Å². The number of aromatic nitrogens is 3. The van der Waals surface area contributed by atoms with Crippen molar-refractivity contribution in [2.75, 3.05) is 11.6 Å². The molecule has 0 saturated heterocycles. The lowest BCUT2D eigenvalue weighted by atomic mass is 9.78. The number of nitrogens with zero attached hydrogens (tertiary/aromatic N) is 3. The highest BCUT2D eigenvalue weighted by Crippen LogP contribution is 2.29. The molecule has 0 unspecified atom stereocenters. The van der Waals surface area contributed by atoms with Crippen LogP contribution in [-0.2, 0) is 4.79 Å². The third kappa shape index (κ3) is 4.00. The molecule has 0 radical (unpaired) electrons. The Labute approximate surface area is 156 Å². The third-order valence-corrected chi connectivity index (χ3v) is 6.11. The predicted molar refractivity (Wildman–Crippen MR) is 100 cm³/mol. The molecule has 3 rings (SSSR count). The molecule has 1 heterocycles. The molecule has 6 nitrogen and oxygen atoms in total. The lowest BCUT2D eigenvalue weighted by molar-refractivity contribution is -0.120. The second kappa shape index (κ2) is 8.07. The van der Waals surface area contributed by atoms with Gasteiger partial charge in [0.1, 0.15) is 5.82 Å². The molecule has 3 N–H and O–H groups in total. The molecule has 1 aromatic carbocycles. The van der Waals surface area contributed by atoms with Gasteiger partial charge in [-0.2, -0.15) is 0 Å². The molecule has 0 bridgehead atoms. The van der Waals surface area contributed by atoms with E-state index in [9.17, 15) is 9.18 Å². The number of rotatable bonds is 5. The van der Waals surface area contributed by atoms with Crippen molar-refractivity contribution >= 4 is 17.7 Å². The van der Waals surface area contributed by atoms with Crippen LogP contribution >= 0.6 is 11.8 Å². The monoisotopic (exact) mass is 377 g/mol. The van der Waals surface area contributed by atoms with Crippen LogP contribution in [0.25, 0.3) is 11.4 Å². The first-order chi connectivity index (χ1) is 12.5. The zero-order valence-corrected chi connectivity index (χ0v) is 15.8. The fourth-order valence-electron chi connectivity index (χ4n) is 3.37. The number of nitrogens with two attached hydrogens (primary N) is 1. The Kier molecular flexibility index (Phi) is 5.80. The molecule has 1 aliphatic rings. The number of thioether (sulfide) groups is 1. The van der Waals surface area contributed by atoms with E-state index in [0.29, 0.717) is 17.0 Å². The van der Waals surface area contributed by atoms with E-state index in [0.717, 1.165) is 12.8 Å². The molecule has 1 aromatic heterocycles. The molecule has 0 aliphatic heterocycles. The zero-order chi connectivity index (χ0) is 18.7. The fourth-order valence-corrected chi connectivity index (χ4v) is 4.03. The quantitative estimate of drug-likeness (QED) is 0.618. The predicted octanol–water partition coefficient (Wildman–Crippen LogP) is 2.83. The summed E-state index contributed by atoms with van der Waals surface area (Å²) < 4.78 is 15.1. The Morgan fingerprint density at radius 1 is 1.35 bits per heavy atom. The first kappa shape index (κ1) is 18.7.